The van der Waals surface area contributed by atoms with Crippen molar-refractivity contribution in [1.82, 2.24) is 9.62 Å². The van der Waals surface area contributed by atoms with Crippen LogP contribution in [-0.4, -0.2) is 37.6 Å². The number of hydrogen-bond acceptors (Lipinski definition) is 3. The Labute approximate surface area is 122 Å². The number of nitrogens with one attached hydrogen (secondary N) is 1. The highest BCUT2D eigenvalue weighted by atomic mass is 32.2. The summed E-state index contributed by atoms with van der Waals surface area (Å²) in [5, 5.41) is 3.52. The van der Waals surface area contributed by atoms with Crippen LogP contribution in [0.2, 0.25) is 0 Å². The van der Waals surface area contributed by atoms with Crippen molar-refractivity contribution in [2.45, 2.75) is 38.8 Å². The maximum atomic E-state index is 12.0. The summed E-state index contributed by atoms with van der Waals surface area (Å²) in [5.41, 5.74) is 1.27. The fourth-order valence-electron chi connectivity index (χ4n) is 2.58. The third kappa shape index (κ3) is 4.30. The van der Waals surface area contributed by atoms with Crippen LogP contribution in [0.15, 0.2) is 30.3 Å². The smallest absolute Gasteiger partial charge is 0.214 e. The quantitative estimate of drug-likeness (QED) is 0.873. The van der Waals surface area contributed by atoms with Gasteiger partial charge in [0.2, 0.25) is 10.0 Å². The first-order valence-corrected chi connectivity index (χ1v) is 8.98. The highest BCUT2D eigenvalue weighted by Crippen LogP contribution is 2.15. The molecule has 1 fully saturated rings. The molecule has 0 amide bonds. The van der Waals surface area contributed by atoms with E-state index in [1.165, 1.54) is 5.56 Å². The van der Waals surface area contributed by atoms with Gasteiger partial charge in [0, 0.05) is 25.7 Å². The van der Waals surface area contributed by atoms with E-state index in [0.29, 0.717) is 25.6 Å². The van der Waals surface area contributed by atoms with Crippen molar-refractivity contribution < 1.29 is 8.42 Å². The number of benzene rings is 1. The van der Waals surface area contributed by atoms with Gasteiger partial charge in [-0.15, -0.1) is 0 Å². The van der Waals surface area contributed by atoms with E-state index in [0.717, 1.165) is 19.4 Å². The lowest BCUT2D eigenvalue weighted by Gasteiger charge is -2.31. The van der Waals surface area contributed by atoms with E-state index in [1.807, 2.05) is 25.1 Å². The Morgan fingerprint density at radius 3 is 2.45 bits per heavy atom. The van der Waals surface area contributed by atoms with Crippen LogP contribution in [0.4, 0.5) is 0 Å². The van der Waals surface area contributed by atoms with Crippen LogP contribution < -0.4 is 5.32 Å². The molecule has 1 N–H and O–H groups in total. The molecule has 0 atom stereocenters. The molecule has 0 unspecified atom stereocenters. The van der Waals surface area contributed by atoms with Crippen LogP contribution in [0.5, 0.6) is 0 Å². The topological polar surface area (TPSA) is 49.4 Å². The Balaban J connectivity index is 1.77. The molecule has 0 aromatic heterocycles. The molecular formula is C15H24N2O2S. The van der Waals surface area contributed by atoms with Crippen molar-refractivity contribution in [3.8, 4) is 0 Å². The standard InChI is InChI=1S/C15H24N2O2S/c1-2-12-20(18,19)17-10-8-15(9-11-17)16-13-14-6-4-3-5-7-14/h3-7,15-16H,2,8-13H2,1H3. The van der Waals surface area contributed by atoms with Crippen LogP contribution >= 0.6 is 0 Å². The minimum Gasteiger partial charge on any atom is -0.310 e. The normalized spacial score (nSPS) is 18.2. The summed E-state index contributed by atoms with van der Waals surface area (Å²) in [6, 6.07) is 10.7. The number of piperidine rings is 1. The van der Waals surface area contributed by atoms with Gasteiger partial charge in [0.25, 0.3) is 0 Å². The molecule has 0 radical (unpaired) electrons. The van der Waals surface area contributed by atoms with Gasteiger partial charge in [-0.3, -0.25) is 0 Å². The van der Waals surface area contributed by atoms with E-state index in [4.69, 9.17) is 0 Å². The summed E-state index contributed by atoms with van der Waals surface area (Å²) < 4.78 is 25.6. The second kappa shape index (κ2) is 7.20. The lowest BCUT2D eigenvalue weighted by Crippen LogP contribution is -2.45. The first-order valence-electron chi connectivity index (χ1n) is 7.37. The molecule has 1 saturated heterocycles. The monoisotopic (exact) mass is 296 g/mol. The lowest BCUT2D eigenvalue weighted by molar-refractivity contribution is 0.288. The van der Waals surface area contributed by atoms with E-state index >= 15 is 0 Å². The van der Waals surface area contributed by atoms with Crippen LogP contribution in [0.1, 0.15) is 31.7 Å². The number of hydrogen-bond donors (Lipinski definition) is 1. The van der Waals surface area contributed by atoms with Crippen molar-refractivity contribution in [3.63, 3.8) is 0 Å². The van der Waals surface area contributed by atoms with Gasteiger partial charge in [-0.1, -0.05) is 37.3 Å². The largest absolute Gasteiger partial charge is 0.310 e. The van der Waals surface area contributed by atoms with E-state index < -0.39 is 10.0 Å². The highest BCUT2D eigenvalue weighted by molar-refractivity contribution is 7.89. The van der Waals surface area contributed by atoms with Gasteiger partial charge in [-0.25, -0.2) is 12.7 Å². The molecule has 1 aromatic rings. The van der Waals surface area contributed by atoms with Gasteiger partial charge >= 0.3 is 0 Å². The van der Waals surface area contributed by atoms with Gasteiger partial charge in [-0.05, 0) is 24.8 Å². The Morgan fingerprint density at radius 1 is 1.20 bits per heavy atom. The minimum atomic E-state index is -3.02. The van der Waals surface area contributed by atoms with E-state index in [1.54, 1.807) is 4.31 Å². The summed E-state index contributed by atoms with van der Waals surface area (Å²) in [5.74, 6) is 0.273. The van der Waals surface area contributed by atoms with Crippen molar-refractivity contribution in [2.24, 2.45) is 0 Å². The zero-order valence-corrected chi connectivity index (χ0v) is 12.9. The third-order valence-electron chi connectivity index (χ3n) is 3.75. The molecule has 1 aromatic carbocycles. The average molecular weight is 296 g/mol. The number of sulfonamides is 1. The summed E-state index contributed by atoms with van der Waals surface area (Å²) in [7, 11) is -3.02. The predicted octanol–water partition coefficient (Wildman–Crippen LogP) is 1.98. The molecule has 0 saturated carbocycles. The summed E-state index contributed by atoms with van der Waals surface area (Å²) in [6.07, 6.45) is 2.49. The van der Waals surface area contributed by atoms with Gasteiger partial charge in [0.05, 0.1) is 5.75 Å². The molecule has 1 heterocycles. The zero-order chi connectivity index (χ0) is 14.4. The second-order valence-electron chi connectivity index (χ2n) is 5.36. The van der Waals surface area contributed by atoms with E-state index in [9.17, 15) is 8.42 Å². The maximum absolute atomic E-state index is 12.0. The Bertz CT molecular complexity index is 494. The van der Waals surface area contributed by atoms with Crippen molar-refractivity contribution >= 4 is 10.0 Å². The Morgan fingerprint density at radius 2 is 1.85 bits per heavy atom. The van der Waals surface area contributed by atoms with Crippen LogP contribution in [0, 0.1) is 0 Å². The van der Waals surface area contributed by atoms with E-state index in [2.05, 4.69) is 17.4 Å². The summed E-state index contributed by atoms with van der Waals surface area (Å²) in [6.45, 7) is 4.06. The fourth-order valence-corrected chi connectivity index (χ4v) is 4.12. The molecule has 2 rings (SSSR count). The molecule has 5 heteroatoms. The minimum absolute atomic E-state index is 0.273. The molecule has 20 heavy (non-hydrogen) atoms. The molecular weight excluding hydrogens is 272 g/mol. The molecule has 0 spiro atoms. The van der Waals surface area contributed by atoms with Crippen molar-refractivity contribution in [2.75, 3.05) is 18.8 Å². The number of nitrogens with zero attached hydrogens (tertiary/aromatic N) is 1. The second-order valence-corrected chi connectivity index (χ2v) is 7.44. The molecule has 0 aliphatic carbocycles. The molecule has 1 aliphatic rings. The van der Waals surface area contributed by atoms with Crippen LogP contribution in [0.25, 0.3) is 0 Å². The Hall–Kier alpha value is -0.910. The zero-order valence-electron chi connectivity index (χ0n) is 12.1. The molecule has 4 nitrogen and oxygen atoms in total. The predicted molar refractivity (Wildman–Crippen MR) is 82.0 cm³/mol. The van der Waals surface area contributed by atoms with E-state index in [-0.39, 0.29) is 5.75 Å². The maximum Gasteiger partial charge on any atom is 0.214 e. The van der Waals surface area contributed by atoms with Gasteiger partial charge in [0.1, 0.15) is 0 Å². The lowest BCUT2D eigenvalue weighted by atomic mass is 10.1. The van der Waals surface area contributed by atoms with Crippen LogP contribution in [-0.2, 0) is 16.6 Å². The highest BCUT2D eigenvalue weighted by Gasteiger charge is 2.26. The molecule has 1 aliphatic heterocycles. The van der Waals surface area contributed by atoms with Crippen molar-refractivity contribution in [1.29, 1.82) is 0 Å². The molecule has 112 valence electrons. The van der Waals surface area contributed by atoms with Crippen LogP contribution in [0.3, 0.4) is 0 Å². The van der Waals surface area contributed by atoms with Crippen molar-refractivity contribution in [3.05, 3.63) is 35.9 Å². The first-order chi connectivity index (χ1) is 9.62. The average Bonchev–Trinajstić information content (AvgIpc) is 2.47. The molecule has 0 bridgehead atoms. The summed E-state index contributed by atoms with van der Waals surface area (Å²) >= 11 is 0. The summed E-state index contributed by atoms with van der Waals surface area (Å²) in [4.78, 5) is 0. The SMILES string of the molecule is CCCS(=O)(=O)N1CCC(NCc2ccccc2)CC1. The third-order valence-corrected chi connectivity index (χ3v) is 5.82. The number of rotatable bonds is 6. The Kier molecular flexibility index (Phi) is 5.57. The van der Waals surface area contributed by atoms with Gasteiger partial charge in [0.15, 0.2) is 0 Å². The first kappa shape index (κ1) is 15.5. The van der Waals surface area contributed by atoms with Gasteiger partial charge in [-0.2, -0.15) is 0 Å². The fraction of sp³-hybridized carbons (Fsp3) is 0.600. The van der Waals surface area contributed by atoms with Gasteiger partial charge < -0.3 is 5.32 Å².